The van der Waals surface area contributed by atoms with Crippen LogP contribution in [-0.2, 0) is 20.7 Å². The van der Waals surface area contributed by atoms with E-state index < -0.39 is 11.7 Å². The number of aromatic nitrogens is 1. The average molecular weight is 339 g/mol. The summed E-state index contributed by atoms with van der Waals surface area (Å²) in [4.78, 5) is 40.9. The SMILES string of the molecule is CC(C)(C)OC(=O)Nc1nc(CC(=O)N2CCC(=O)CC2)cs1. The van der Waals surface area contributed by atoms with Gasteiger partial charge in [0.1, 0.15) is 11.4 Å². The lowest BCUT2D eigenvalue weighted by molar-refractivity contribution is -0.133. The third kappa shape index (κ3) is 5.63. The quantitative estimate of drug-likeness (QED) is 0.912. The maximum Gasteiger partial charge on any atom is 0.413 e. The molecule has 0 saturated carbocycles. The molecule has 1 N–H and O–H groups in total. The zero-order valence-corrected chi connectivity index (χ0v) is 14.4. The predicted molar refractivity (Wildman–Crippen MR) is 86.5 cm³/mol. The van der Waals surface area contributed by atoms with Gasteiger partial charge in [-0.3, -0.25) is 14.9 Å². The molecule has 0 aliphatic carbocycles. The van der Waals surface area contributed by atoms with Gasteiger partial charge in [-0.15, -0.1) is 11.3 Å². The maximum atomic E-state index is 12.2. The van der Waals surface area contributed by atoms with Gasteiger partial charge in [0.15, 0.2) is 5.13 Å². The van der Waals surface area contributed by atoms with Crippen molar-refractivity contribution in [3.05, 3.63) is 11.1 Å². The first kappa shape index (κ1) is 17.4. The summed E-state index contributed by atoms with van der Waals surface area (Å²) in [6.45, 7) is 6.29. The second-order valence-electron chi connectivity index (χ2n) is 6.37. The van der Waals surface area contributed by atoms with Crippen molar-refractivity contribution >= 4 is 34.3 Å². The first-order valence-corrected chi connectivity index (χ1v) is 8.35. The molecule has 0 radical (unpaired) electrons. The van der Waals surface area contributed by atoms with Gasteiger partial charge in [-0.2, -0.15) is 0 Å². The Morgan fingerprint density at radius 1 is 1.35 bits per heavy atom. The van der Waals surface area contributed by atoms with E-state index in [0.717, 1.165) is 0 Å². The van der Waals surface area contributed by atoms with Crippen LogP contribution in [0.5, 0.6) is 0 Å². The molecular weight excluding hydrogens is 318 g/mol. The molecule has 2 amide bonds. The highest BCUT2D eigenvalue weighted by molar-refractivity contribution is 7.13. The average Bonchev–Trinajstić information content (AvgIpc) is 2.84. The van der Waals surface area contributed by atoms with Gasteiger partial charge in [-0.05, 0) is 20.8 Å². The van der Waals surface area contributed by atoms with Gasteiger partial charge in [-0.25, -0.2) is 9.78 Å². The lowest BCUT2D eigenvalue weighted by atomic mass is 10.1. The summed E-state index contributed by atoms with van der Waals surface area (Å²) < 4.78 is 5.15. The number of nitrogens with one attached hydrogen (secondary N) is 1. The fourth-order valence-corrected chi connectivity index (χ4v) is 2.80. The van der Waals surface area contributed by atoms with Crippen LogP contribution in [0.1, 0.15) is 39.3 Å². The minimum absolute atomic E-state index is 0.0494. The molecule has 1 saturated heterocycles. The summed E-state index contributed by atoms with van der Waals surface area (Å²) in [6.07, 6.45) is 0.447. The van der Waals surface area contributed by atoms with Crippen LogP contribution < -0.4 is 5.32 Å². The molecule has 0 spiro atoms. The molecule has 1 fully saturated rings. The lowest BCUT2D eigenvalue weighted by Gasteiger charge is -2.25. The van der Waals surface area contributed by atoms with Gasteiger partial charge in [0, 0.05) is 31.3 Å². The van der Waals surface area contributed by atoms with E-state index in [1.165, 1.54) is 11.3 Å². The van der Waals surface area contributed by atoms with E-state index in [2.05, 4.69) is 10.3 Å². The van der Waals surface area contributed by atoms with Gasteiger partial charge in [0.05, 0.1) is 12.1 Å². The number of carbonyl (C=O) groups is 3. The third-order valence-electron chi connectivity index (χ3n) is 3.17. The fourth-order valence-electron chi connectivity index (χ4n) is 2.11. The summed E-state index contributed by atoms with van der Waals surface area (Å²) in [5.74, 6) is 0.151. The van der Waals surface area contributed by atoms with Crippen LogP contribution in [0.4, 0.5) is 9.93 Å². The molecule has 1 aliphatic heterocycles. The van der Waals surface area contributed by atoms with E-state index in [0.29, 0.717) is 36.8 Å². The zero-order valence-electron chi connectivity index (χ0n) is 13.5. The molecule has 2 heterocycles. The number of carbonyl (C=O) groups excluding carboxylic acids is 3. The Balaban J connectivity index is 1.86. The fraction of sp³-hybridized carbons (Fsp3) is 0.600. The topological polar surface area (TPSA) is 88.6 Å². The smallest absolute Gasteiger partial charge is 0.413 e. The number of anilines is 1. The number of nitrogens with zero attached hydrogens (tertiary/aromatic N) is 2. The van der Waals surface area contributed by atoms with E-state index in [9.17, 15) is 14.4 Å². The number of Topliss-reactive ketones (excluding diaryl/α,β-unsaturated/α-hetero) is 1. The molecule has 1 aliphatic rings. The monoisotopic (exact) mass is 339 g/mol. The van der Waals surface area contributed by atoms with Crippen LogP contribution in [-0.4, -0.2) is 46.4 Å². The van der Waals surface area contributed by atoms with Gasteiger partial charge < -0.3 is 9.64 Å². The number of hydrogen-bond donors (Lipinski definition) is 1. The molecule has 1 aromatic rings. The van der Waals surface area contributed by atoms with Crippen molar-refractivity contribution in [1.82, 2.24) is 9.88 Å². The Morgan fingerprint density at radius 2 is 2.00 bits per heavy atom. The second-order valence-corrected chi connectivity index (χ2v) is 7.23. The van der Waals surface area contributed by atoms with Gasteiger partial charge >= 0.3 is 6.09 Å². The lowest BCUT2D eigenvalue weighted by Crippen LogP contribution is -2.39. The van der Waals surface area contributed by atoms with Crippen LogP contribution in [0, 0.1) is 0 Å². The van der Waals surface area contributed by atoms with E-state index >= 15 is 0 Å². The molecule has 1 aromatic heterocycles. The first-order valence-electron chi connectivity index (χ1n) is 7.47. The number of ketones is 1. The summed E-state index contributed by atoms with van der Waals surface area (Å²) in [5.41, 5.74) is 0.0224. The summed E-state index contributed by atoms with van der Waals surface area (Å²) in [7, 11) is 0. The summed E-state index contributed by atoms with van der Waals surface area (Å²) >= 11 is 1.24. The van der Waals surface area contributed by atoms with E-state index in [4.69, 9.17) is 4.74 Å². The van der Waals surface area contributed by atoms with E-state index in [1.54, 1.807) is 31.1 Å². The van der Waals surface area contributed by atoms with Crippen molar-refractivity contribution in [1.29, 1.82) is 0 Å². The minimum atomic E-state index is -0.578. The molecule has 7 nitrogen and oxygen atoms in total. The number of hydrogen-bond acceptors (Lipinski definition) is 6. The van der Waals surface area contributed by atoms with Crippen molar-refractivity contribution in [2.75, 3.05) is 18.4 Å². The number of rotatable bonds is 3. The summed E-state index contributed by atoms with van der Waals surface area (Å²) in [5, 5.41) is 4.69. The van der Waals surface area contributed by atoms with Crippen molar-refractivity contribution in [2.24, 2.45) is 0 Å². The van der Waals surface area contributed by atoms with Crippen LogP contribution in [0.3, 0.4) is 0 Å². The molecular formula is C15H21N3O4S. The predicted octanol–water partition coefficient (Wildman–Crippen LogP) is 2.22. The Kier molecular flexibility index (Phi) is 5.35. The number of amides is 2. The van der Waals surface area contributed by atoms with Crippen LogP contribution in [0.2, 0.25) is 0 Å². The molecule has 2 rings (SSSR count). The Morgan fingerprint density at radius 3 is 2.61 bits per heavy atom. The zero-order chi connectivity index (χ0) is 17.0. The largest absolute Gasteiger partial charge is 0.444 e. The van der Waals surface area contributed by atoms with Crippen LogP contribution >= 0.6 is 11.3 Å². The highest BCUT2D eigenvalue weighted by atomic mass is 32.1. The molecule has 126 valence electrons. The Bertz CT molecular complexity index is 596. The minimum Gasteiger partial charge on any atom is -0.444 e. The molecule has 23 heavy (non-hydrogen) atoms. The van der Waals surface area contributed by atoms with Crippen LogP contribution in [0.15, 0.2) is 5.38 Å². The normalized spacial score (nSPS) is 15.4. The van der Waals surface area contributed by atoms with Crippen molar-refractivity contribution in [2.45, 2.75) is 45.6 Å². The first-order chi connectivity index (χ1) is 10.7. The van der Waals surface area contributed by atoms with E-state index in [-0.39, 0.29) is 18.1 Å². The van der Waals surface area contributed by atoms with Gasteiger partial charge in [-0.1, -0.05) is 0 Å². The van der Waals surface area contributed by atoms with E-state index in [1.807, 2.05) is 0 Å². The van der Waals surface area contributed by atoms with Crippen molar-refractivity contribution < 1.29 is 19.1 Å². The molecule has 0 unspecified atom stereocenters. The molecule has 0 atom stereocenters. The Labute approximate surface area is 139 Å². The number of piperidine rings is 1. The number of ether oxygens (including phenoxy) is 1. The van der Waals surface area contributed by atoms with Crippen molar-refractivity contribution in [3.8, 4) is 0 Å². The van der Waals surface area contributed by atoms with Gasteiger partial charge in [0.25, 0.3) is 0 Å². The van der Waals surface area contributed by atoms with Crippen molar-refractivity contribution in [3.63, 3.8) is 0 Å². The highest BCUT2D eigenvalue weighted by Crippen LogP contribution is 2.18. The molecule has 0 bridgehead atoms. The standard InChI is InChI=1S/C15H21N3O4S/c1-15(2,3)22-14(21)17-13-16-10(9-23-13)8-12(20)18-6-4-11(19)5-7-18/h9H,4-8H2,1-3H3,(H,16,17,21). The highest BCUT2D eigenvalue weighted by Gasteiger charge is 2.22. The van der Waals surface area contributed by atoms with Gasteiger partial charge in [0.2, 0.25) is 5.91 Å². The maximum absolute atomic E-state index is 12.2. The summed E-state index contributed by atoms with van der Waals surface area (Å²) in [6, 6.07) is 0. The number of likely N-dealkylation sites (tertiary alicyclic amines) is 1. The Hall–Kier alpha value is -1.96. The molecule has 8 heteroatoms. The number of thiazole rings is 1. The van der Waals surface area contributed by atoms with Crippen LogP contribution in [0.25, 0.3) is 0 Å². The molecule has 0 aromatic carbocycles. The third-order valence-corrected chi connectivity index (χ3v) is 3.97. The second kappa shape index (κ2) is 7.08.